The molecule has 0 fully saturated rings. The van der Waals surface area contributed by atoms with E-state index in [0.717, 1.165) is 15.9 Å². The Balaban J connectivity index is 2.60. The molecule has 0 atom stereocenters. The SMILES string of the molecule is CCCCn1c(N)c(N(CCOC)C(=O)c2ccccc2OC(F)F)c(=O)[nH]c1=O. The Morgan fingerprint density at radius 2 is 2.00 bits per heavy atom. The van der Waals surface area contributed by atoms with E-state index in [2.05, 4.69) is 9.72 Å². The van der Waals surface area contributed by atoms with E-state index in [1.807, 2.05) is 6.92 Å². The largest absolute Gasteiger partial charge is 0.434 e. The van der Waals surface area contributed by atoms with Gasteiger partial charge in [0.1, 0.15) is 11.6 Å². The fourth-order valence-electron chi connectivity index (χ4n) is 2.86. The number of rotatable bonds is 10. The Labute approximate surface area is 171 Å². The number of aromatic amines is 1. The van der Waals surface area contributed by atoms with Gasteiger partial charge in [-0.15, -0.1) is 0 Å². The van der Waals surface area contributed by atoms with Crippen molar-refractivity contribution in [2.24, 2.45) is 0 Å². The number of methoxy groups -OCH3 is 1. The van der Waals surface area contributed by atoms with Crippen LogP contribution in [0, 0.1) is 0 Å². The maximum absolute atomic E-state index is 13.2. The van der Waals surface area contributed by atoms with Crippen molar-refractivity contribution in [2.75, 3.05) is 30.9 Å². The van der Waals surface area contributed by atoms with Crippen molar-refractivity contribution in [2.45, 2.75) is 32.9 Å². The van der Waals surface area contributed by atoms with E-state index in [4.69, 9.17) is 10.5 Å². The predicted molar refractivity (Wildman–Crippen MR) is 107 cm³/mol. The third-order valence-corrected chi connectivity index (χ3v) is 4.32. The third-order valence-electron chi connectivity index (χ3n) is 4.32. The molecule has 0 spiro atoms. The Bertz CT molecular complexity index is 990. The number of hydrogen-bond donors (Lipinski definition) is 2. The van der Waals surface area contributed by atoms with Crippen LogP contribution in [-0.2, 0) is 11.3 Å². The molecule has 1 amide bonds. The van der Waals surface area contributed by atoms with Crippen molar-refractivity contribution in [3.05, 3.63) is 50.7 Å². The second kappa shape index (κ2) is 10.5. The van der Waals surface area contributed by atoms with Gasteiger partial charge in [-0.05, 0) is 18.6 Å². The number of alkyl halides is 2. The van der Waals surface area contributed by atoms with Crippen LogP contribution in [0.25, 0.3) is 0 Å². The number of H-pyrrole nitrogens is 1. The van der Waals surface area contributed by atoms with Crippen molar-refractivity contribution < 1.29 is 23.0 Å². The zero-order valence-electron chi connectivity index (χ0n) is 16.7. The smallest absolute Gasteiger partial charge is 0.387 e. The number of nitrogens with two attached hydrogens (primary N) is 1. The lowest BCUT2D eigenvalue weighted by atomic mass is 10.1. The van der Waals surface area contributed by atoms with E-state index in [1.54, 1.807) is 0 Å². The maximum Gasteiger partial charge on any atom is 0.387 e. The highest BCUT2D eigenvalue weighted by Crippen LogP contribution is 2.25. The quantitative estimate of drug-likeness (QED) is 0.598. The molecule has 2 rings (SSSR count). The summed E-state index contributed by atoms with van der Waals surface area (Å²) in [5.74, 6) is -1.36. The van der Waals surface area contributed by atoms with E-state index in [-0.39, 0.29) is 42.5 Å². The molecule has 0 bridgehead atoms. The molecule has 1 aromatic heterocycles. The summed E-state index contributed by atoms with van der Waals surface area (Å²) in [5, 5.41) is 0. The lowest BCUT2D eigenvalue weighted by molar-refractivity contribution is -0.0501. The maximum atomic E-state index is 13.2. The number of ether oxygens (including phenoxy) is 2. The van der Waals surface area contributed by atoms with E-state index in [0.29, 0.717) is 6.42 Å². The zero-order chi connectivity index (χ0) is 22.3. The molecule has 0 aliphatic rings. The molecule has 3 N–H and O–H groups in total. The van der Waals surface area contributed by atoms with E-state index < -0.39 is 23.8 Å². The fraction of sp³-hybridized carbons (Fsp3) is 0.421. The van der Waals surface area contributed by atoms with Gasteiger partial charge in [0, 0.05) is 20.2 Å². The van der Waals surface area contributed by atoms with Crippen LogP contribution in [0.4, 0.5) is 20.3 Å². The number of para-hydroxylation sites is 1. The second-order valence-corrected chi connectivity index (χ2v) is 6.32. The molecule has 9 nitrogen and oxygen atoms in total. The van der Waals surface area contributed by atoms with Gasteiger partial charge in [-0.3, -0.25) is 24.0 Å². The molecule has 30 heavy (non-hydrogen) atoms. The summed E-state index contributed by atoms with van der Waals surface area (Å²) in [6.07, 6.45) is 1.39. The van der Waals surface area contributed by atoms with Crippen LogP contribution in [0.1, 0.15) is 30.1 Å². The van der Waals surface area contributed by atoms with Gasteiger partial charge in [0.15, 0.2) is 5.69 Å². The minimum absolute atomic E-state index is 0.0244. The number of amides is 1. The monoisotopic (exact) mass is 426 g/mol. The van der Waals surface area contributed by atoms with Gasteiger partial charge in [-0.25, -0.2) is 4.79 Å². The fourth-order valence-corrected chi connectivity index (χ4v) is 2.86. The average molecular weight is 426 g/mol. The highest BCUT2D eigenvalue weighted by atomic mass is 19.3. The van der Waals surface area contributed by atoms with Crippen LogP contribution in [0.2, 0.25) is 0 Å². The number of anilines is 2. The number of nitrogens with one attached hydrogen (secondary N) is 1. The highest BCUT2D eigenvalue weighted by molar-refractivity contribution is 6.08. The number of halogens is 2. The lowest BCUT2D eigenvalue weighted by Crippen LogP contribution is -2.42. The molecular weight excluding hydrogens is 402 g/mol. The van der Waals surface area contributed by atoms with Gasteiger partial charge < -0.3 is 15.2 Å². The van der Waals surface area contributed by atoms with Crippen LogP contribution in [0.5, 0.6) is 5.75 Å². The van der Waals surface area contributed by atoms with Crippen LogP contribution >= 0.6 is 0 Å². The van der Waals surface area contributed by atoms with Crippen LogP contribution in [0.15, 0.2) is 33.9 Å². The molecule has 0 radical (unpaired) electrons. The molecule has 1 heterocycles. The highest BCUT2D eigenvalue weighted by Gasteiger charge is 2.27. The molecule has 0 saturated heterocycles. The standard InChI is InChI=1S/C19H24F2N4O5/c1-3-4-9-25-15(22)14(16(26)23-19(25)28)24(10-11-29-2)17(27)12-7-5-6-8-13(12)30-18(20)21/h5-8,18H,3-4,9-11,22H2,1-2H3,(H,23,26,28). The topological polar surface area (TPSA) is 120 Å². The van der Waals surface area contributed by atoms with Crippen molar-refractivity contribution >= 4 is 17.4 Å². The molecule has 0 aliphatic heterocycles. The summed E-state index contributed by atoms with van der Waals surface area (Å²) in [6, 6.07) is 5.40. The summed E-state index contributed by atoms with van der Waals surface area (Å²) < 4.78 is 36.1. The van der Waals surface area contributed by atoms with Gasteiger partial charge in [0.05, 0.1) is 12.2 Å². The molecular formula is C19H24F2N4O5. The first-order chi connectivity index (χ1) is 14.3. The molecule has 11 heteroatoms. The normalized spacial score (nSPS) is 11.0. The number of unbranched alkanes of at least 4 members (excludes halogenated alkanes) is 1. The van der Waals surface area contributed by atoms with Gasteiger partial charge in [0.2, 0.25) is 0 Å². The second-order valence-electron chi connectivity index (χ2n) is 6.32. The zero-order valence-corrected chi connectivity index (χ0v) is 16.7. The minimum Gasteiger partial charge on any atom is -0.434 e. The van der Waals surface area contributed by atoms with Crippen LogP contribution < -0.4 is 26.6 Å². The lowest BCUT2D eigenvalue weighted by Gasteiger charge is -2.25. The van der Waals surface area contributed by atoms with Gasteiger partial charge in [-0.1, -0.05) is 25.5 Å². The number of aromatic nitrogens is 2. The van der Waals surface area contributed by atoms with E-state index in [9.17, 15) is 23.2 Å². The van der Waals surface area contributed by atoms with Crippen molar-refractivity contribution in [1.29, 1.82) is 0 Å². The number of carbonyl (C=O) groups excluding carboxylic acids is 1. The van der Waals surface area contributed by atoms with Crippen molar-refractivity contribution in [3.8, 4) is 5.75 Å². The first-order valence-corrected chi connectivity index (χ1v) is 9.29. The molecule has 0 unspecified atom stereocenters. The Kier molecular flexibility index (Phi) is 8.10. The van der Waals surface area contributed by atoms with Crippen LogP contribution in [-0.4, -0.2) is 42.3 Å². The first kappa shape index (κ1) is 23.1. The van der Waals surface area contributed by atoms with Crippen molar-refractivity contribution in [3.63, 3.8) is 0 Å². The van der Waals surface area contributed by atoms with Gasteiger partial charge in [-0.2, -0.15) is 8.78 Å². The first-order valence-electron chi connectivity index (χ1n) is 9.29. The van der Waals surface area contributed by atoms with Crippen molar-refractivity contribution in [1.82, 2.24) is 9.55 Å². The van der Waals surface area contributed by atoms with Gasteiger partial charge in [0.25, 0.3) is 11.5 Å². The Hall–Kier alpha value is -3.21. The molecule has 164 valence electrons. The van der Waals surface area contributed by atoms with E-state index >= 15 is 0 Å². The number of hydrogen-bond acceptors (Lipinski definition) is 6. The van der Waals surface area contributed by atoms with Gasteiger partial charge >= 0.3 is 12.3 Å². The summed E-state index contributed by atoms with van der Waals surface area (Å²) in [6.45, 7) is -1.07. The third kappa shape index (κ3) is 5.23. The molecule has 0 aliphatic carbocycles. The van der Waals surface area contributed by atoms with E-state index in [1.165, 1.54) is 31.4 Å². The summed E-state index contributed by atoms with van der Waals surface area (Å²) in [7, 11) is 1.40. The number of benzene rings is 1. The number of nitrogen functional groups attached to an aromatic ring is 1. The summed E-state index contributed by atoms with van der Waals surface area (Å²) in [5.41, 5.74) is 4.06. The molecule has 1 aromatic carbocycles. The average Bonchev–Trinajstić information content (AvgIpc) is 2.69. The van der Waals surface area contributed by atoms with Crippen LogP contribution in [0.3, 0.4) is 0 Å². The predicted octanol–water partition coefficient (Wildman–Crippen LogP) is 1.81. The Morgan fingerprint density at radius 3 is 2.63 bits per heavy atom. The number of nitrogens with zero attached hydrogens (tertiary/aromatic N) is 2. The Morgan fingerprint density at radius 1 is 1.30 bits per heavy atom. The summed E-state index contributed by atoms with van der Waals surface area (Å²) >= 11 is 0. The summed E-state index contributed by atoms with van der Waals surface area (Å²) in [4.78, 5) is 41.1. The molecule has 2 aromatic rings. The minimum atomic E-state index is -3.14. The molecule has 0 saturated carbocycles. The number of carbonyl (C=O) groups is 1.